The summed E-state index contributed by atoms with van der Waals surface area (Å²) in [5, 5.41) is 7.70. The largest absolute Gasteiger partial charge is 0.436 e. The van der Waals surface area contributed by atoms with Crippen LogP contribution in [0.15, 0.2) is 30.7 Å². The van der Waals surface area contributed by atoms with E-state index in [9.17, 15) is 0 Å². The summed E-state index contributed by atoms with van der Waals surface area (Å²) in [5.41, 5.74) is 1.23. The van der Waals surface area contributed by atoms with Crippen LogP contribution in [0.4, 0.5) is 0 Å². The Morgan fingerprint density at radius 2 is 2.10 bits per heavy atom. The monoisotopic (exact) mass is 288 g/mol. The second-order valence-corrected chi connectivity index (χ2v) is 6.46. The van der Waals surface area contributed by atoms with Crippen molar-refractivity contribution in [3.63, 3.8) is 0 Å². The second kappa shape index (κ2) is 6.26. The van der Waals surface area contributed by atoms with E-state index in [0.29, 0.717) is 17.7 Å². The van der Waals surface area contributed by atoms with Crippen molar-refractivity contribution in [3.05, 3.63) is 36.3 Å². The minimum Gasteiger partial charge on any atom is -0.436 e. The summed E-state index contributed by atoms with van der Waals surface area (Å²) in [7, 11) is 0. The Morgan fingerprint density at radius 3 is 2.71 bits per heavy atom. The first-order chi connectivity index (χ1) is 9.83. The van der Waals surface area contributed by atoms with E-state index in [1.165, 1.54) is 0 Å². The summed E-state index contributed by atoms with van der Waals surface area (Å²) in [6.45, 7) is 11.4. The normalized spacial score (nSPS) is 11.9. The van der Waals surface area contributed by atoms with Gasteiger partial charge in [-0.2, -0.15) is 5.10 Å². The van der Waals surface area contributed by atoms with Crippen molar-refractivity contribution in [2.24, 2.45) is 0 Å². The molecule has 0 aliphatic rings. The Kier molecular flexibility index (Phi) is 4.63. The van der Waals surface area contributed by atoms with Crippen molar-refractivity contribution in [2.75, 3.05) is 0 Å². The SMILES string of the molecule is CC(C)n1cc(Oc2cc(CNC(C)(C)C)ccn2)cn1. The van der Waals surface area contributed by atoms with Crippen LogP contribution >= 0.6 is 0 Å². The average Bonchev–Trinajstić information content (AvgIpc) is 2.85. The van der Waals surface area contributed by atoms with E-state index in [4.69, 9.17) is 4.74 Å². The van der Waals surface area contributed by atoms with E-state index < -0.39 is 0 Å². The van der Waals surface area contributed by atoms with Gasteiger partial charge in [-0.25, -0.2) is 4.98 Å². The molecule has 5 heteroatoms. The van der Waals surface area contributed by atoms with Crippen LogP contribution in [0.1, 0.15) is 46.2 Å². The predicted molar refractivity (Wildman–Crippen MR) is 83.5 cm³/mol. The Morgan fingerprint density at radius 1 is 1.33 bits per heavy atom. The molecule has 0 radical (unpaired) electrons. The topological polar surface area (TPSA) is 52.0 Å². The van der Waals surface area contributed by atoms with E-state index in [1.54, 1.807) is 12.4 Å². The molecule has 0 aliphatic carbocycles. The van der Waals surface area contributed by atoms with Crippen LogP contribution in [0.3, 0.4) is 0 Å². The number of nitrogens with one attached hydrogen (secondary N) is 1. The number of pyridine rings is 1. The zero-order chi connectivity index (χ0) is 15.5. The van der Waals surface area contributed by atoms with Gasteiger partial charge in [-0.1, -0.05) is 0 Å². The molecule has 1 N–H and O–H groups in total. The Bertz CT molecular complexity index is 584. The summed E-state index contributed by atoms with van der Waals surface area (Å²) in [5.74, 6) is 1.30. The van der Waals surface area contributed by atoms with Gasteiger partial charge in [0.15, 0.2) is 5.75 Å². The quantitative estimate of drug-likeness (QED) is 0.914. The van der Waals surface area contributed by atoms with Gasteiger partial charge >= 0.3 is 0 Å². The van der Waals surface area contributed by atoms with Crippen LogP contribution in [-0.4, -0.2) is 20.3 Å². The third kappa shape index (κ3) is 4.86. The molecule has 0 spiro atoms. The van der Waals surface area contributed by atoms with Crippen LogP contribution in [-0.2, 0) is 6.54 Å². The molecule has 21 heavy (non-hydrogen) atoms. The number of nitrogens with zero attached hydrogens (tertiary/aromatic N) is 3. The maximum absolute atomic E-state index is 5.76. The number of hydrogen-bond donors (Lipinski definition) is 1. The number of hydrogen-bond acceptors (Lipinski definition) is 4. The molecule has 0 bridgehead atoms. The highest BCUT2D eigenvalue weighted by molar-refractivity contribution is 5.25. The zero-order valence-electron chi connectivity index (χ0n) is 13.4. The van der Waals surface area contributed by atoms with Crippen LogP contribution in [0, 0.1) is 0 Å². The Balaban J connectivity index is 2.03. The zero-order valence-corrected chi connectivity index (χ0v) is 13.4. The third-order valence-corrected chi connectivity index (χ3v) is 2.95. The summed E-state index contributed by atoms with van der Waals surface area (Å²) in [6, 6.07) is 4.26. The maximum Gasteiger partial charge on any atom is 0.219 e. The molecule has 2 aromatic rings. The van der Waals surface area contributed by atoms with E-state index >= 15 is 0 Å². The highest BCUT2D eigenvalue weighted by Crippen LogP contribution is 2.20. The third-order valence-electron chi connectivity index (χ3n) is 2.95. The molecule has 0 fully saturated rings. The first-order valence-corrected chi connectivity index (χ1v) is 7.25. The molecule has 2 rings (SSSR count). The lowest BCUT2D eigenvalue weighted by Gasteiger charge is -2.20. The van der Waals surface area contributed by atoms with Gasteiger partial charge in [0.2, 0.25) is 5.88 Å². The second-order valence-electron chi connectivity index (χ2n) is 6.46. The molecular weight excluding hydrogens is 264 g/mol. The summed E-state index contributed by atoms with van der Waals surface area (Å²) < 4.78 is 7.62. The fraction of sp³-hybridized carbons (Fsp3) is 0.500. The van der Waals surface area contributed by atoms with Gasteiger partial charge in [0, 0.05) is 30.4 Å². The van der Waals surface area contributed by atoms with Crippen LogP contribution in [0.25, 0.3) is 0 Å². The average molecular weight is 288 g/mol. The van der Waals surface area contributed by atoms with Crippen LogP contribution in [0.2, 0.25) is 0 Å². The highest BCUT2D eigenvalue weighted by Gasteiger charge is 2.09. The molecular formula is C16H24N4O. The smallest absolute Gasteiger partial charge is 0.219 e. The molecule has 5 nitrogen and oxygen atoms in total. The maximum atomic E-state index is 5.76. The van der Waals surface area contributed by atoms with Gasteiger partial charge in [-0.3, -0.25) is 4.68 Å². The molecule has 0 amide bonds. The molecule has 0 unspecified atom stereocenters. The van der Waals surface area contributed by atoms with E-state index in [0.717, 1.165) is 12.1 Å². The van der Waals surface area contributed by atoms with Gasteiger partial charge < -0.3 is 10.1 Å². The molecule has 2 aromatic heterocycles. The van der Waals surface area contributed by atoms with Gasteiger partial charge in [-0.05, 0) is 46.2 Å². The van der Waals surface area contributed by atoms with Crippen molar-refractivity contribution in [3.8, 4) is 11.6 Å². The summed E-state index contributed by atoms with van der Waals surface area (Å²) in [6.07, 6.45) is 5.36. The molecule has 0 aromatic carbocycles. The van der Waals surface area contributed by atoms with Crippen molar-refractivity contribution in [1.82, 2.24) is 20.1 Å². The first-order valence-electron chi connectivity index (χ1n) is 7.25. The summed E-state index contributed by atoms with van der Waals surface area (Å²) in [4.78, 5) is 4.25. The van der Waals surface area contributed by atoms with E-state index in [1.807, 2.05) is 23.0 Å². The Labute approximate surface area is 126 Å². The molecule has 2 heterocycles. The van der Waals surface area contributed by atoms with Crippen molar-refractivity contribution >= 4 is 0 Å². The molecule has 114 valence electrons. The van der Waals surface area contributed by atoms with Crippen LogP contribution < -0.4 is 10.1 Å². The molecule has 0 saturated carbocycles. The number of ether oxygens (including phenoxy) is 1. The Hall–Kier alpha value is -1.88. The fourth-order valence-corrected chi connectivity index (χ4v) is 1.76. The predicted octanol–water partition coefficient (Wildman–Crippen LogP) is 3.54. The summed E-state index contributed by atoms with van der Waals surface area (Å²) >= 11 is 0. The van der Waals surface area contributed by atoms with Gasteiger partial charge in [0.1, 0.15) is 0 Å². The minimum absolute atomic E-state index is 0.0860. The minimum atomic E-state index is 0.0860. The van der Waals surface area contributed by atoms with Gasteiger partial charge in [0.25, 0.3) is 0 Å². The van der Waals surface area contributed by atoms with Gasteiger partial charge in [0.05, 0.1) is 12.4 Å². The van der Waals surface area contributed by atoms with Crippen LogP contribution in [0.5, 0.6) is 11.6 Å². The molecule has 0 saturated heterocycles. The van der Waals surface area contributed by atoms with E-state index in [2.05, 4.69) is 50.0 Å². The fourth-order valence-electron chi connectivity index (χ4n) is 1.76. The number of aromatic nitrogens is 3. The van der Waals surface area contributed by atoms with Gasteiger partial charge in [-0.15, -0.1) is 0 Å². The first kappa shape index (κ1) is 15.5. The lowest BCUT2D eigenvalue weighted by molar-refractivity contribution is 0.421. The molecule has 0 aliphatic heterocycles. The highest BCUT2D eigenvalue weighted by atomic mass is 16.5. The van der Waals surface area contributed by atoms with Crippen molar-refractivity contribution in [1.29, 1.82) is 0 Å². The molecule has 0 atom stereocenters. The van der Waals surface area contributed by atoms with Crippen molar-refractivity contribution < 1.29 is 4.74 Å². The standard InChI is InChI=1S/C16H24N4O/c1-12(2)20-11-14(10-19-20)21-15-8-13(6-7-17-15)9-18-16(3,4)5/h6-8,10-12,18H,9H2,1-5H3. The van der Waals surface area contributed by atoms with E-state index in [-0.39, 0.29) is 5.54 Å². The lowest BCUT2D eigenvalue weighted by atomic mass is 10.1. The number of rotatable bonds is 5. The lowest BCUT2D eigenvalue weighted by Crippen LogP contribution is -2.35. The van der Waals surface area contributed by atoms with Crippen molar-refractivity contribution in [2.45, 2.75) is 52.7 Å².